The van der Waals surface area contributed by atoms with Crippen molar-refractivity contribution in [3.05, 3.63) is 58.6 Å². The number of aliphatic hydroxyl groups is 1. The second-order valence-electron chi connectivity index (χ2n) is 12.6. The van der Waals surface area contributed by atoms with E-state index in [-0.39, 0.29) is 43.5 Å². The van der Waals surface area contributed by atoms with Crippen LogP contribution in [0.1, 0.15) is 63.5 Å². The molecule has 0 unspecified atom stereocenters. The summed E-state index contributed by atoms with van der Waals surface area (Å²) in [6, 6.07) is 6.86. The summed E-state index contributed by atoms with van der Waals surface area (Å²) in [5.41, 5.74) is -0.619. The number of esters is 1. The van der Waals surface area contributed by atoms with Gasteiger partial charge in [0.1, 0.15) is 24.4 Å². The number of hydrogen-bond acceptors (Lipinski definition) is 7. The van der Waals surface area contributed by atoms with E-state index < -0.39 is 47.6 Å². The first-order valence-corrected chi connectivity index (χ1v) is 16.5. The number of cyclic esters (lactones) is 1. The molecule has 5 aliphatic rings. The van der Waals surface area contributed by atoms with Gasteiger partial charge in [0.05, 0.1) is 30.5 Å². The summed E-state index contributed by atoms with van der Waals surface area (Å²) in [5, 5.41) is 13.3. The first-order valence-electron chi connectivity index (χ1n) is 15.7. The smallest absolute Gasteiger partial charge is 0.306 e. The van der Waals surface area contributed by atoms with Crippen molar-refractivity contribution >= 4 is 39.6 Å². The lowest BCUT2D eigenvalue weighted by atomic mass is 9.73. The first-order chi connectivity index (χ1) is 21.3. The maximum atomic E-state index is 14.8. The van der Waals surface area contributed by atoms with Crippen molar-refractivity contribution in [2.24, 2.45) is 11.8 Å². The molecule has 3 amide bonds. The fourth-order valence-corrected chi connectivity index (χ4v) is 8.43. The summed E-state index contributed by atoms with van der Waals surface area (Å²) in [4.78, 5) is 59.3. The molecule has 7 atom stereocenters. The minimum atomic E-state index is -1.37. The van der Waals surface area contributed by atoms with Gasteiger partial charge in [-0.05, 0) is 37.8 Å². The molecule has 2 N–H and O–H groups in total. The molecule has 0 radical (unpaired) electrons. The van der Waals surface area contributed by atoms with Crippen molar-refractivity contribution in [1.29, 1.82) is 0 Å². The third-order valence-electron chi connectivity index (χ3n) is 9.85. The maximum absolute atomic E-state index is 14.8. The van der Waals surface area contributed by atoms with Crippen molar-refractivity contribution in [1.82, 2.24) is 15.1 Å². The Morgan fingerprint density at radius 1 is 1.07 bits per heavy atom. The molecule has 6 rings (SSSR count). The van der Waals surface area contributed by atoms with Gasteiger partial charge >= 0.3 is 5.97 Å². The van der Waals surface area contributed by atoms with E-state index in [9.17, 15) is 24.3 Å². The molecular weight excluding hydrogens is 630 g/mol. The van der Waals surface area contributed by atoms with Crippen LogP contribution in [0.25, 0.3) is 0 Å². The Morgan fingerprint density at radius 3 is 2.55 bits per heavy atom. The number of benzene rings is 1. The number of likely N-dealkylation sites (tertiary alicyclic amines) is 1. The molecule has 4 heterocycles. The number of carbonyl (C=O) groups is 4. The van der Waals surface area contributed by atoms with Crippen LogP contribution in [0.3, 0.4) is 0 Å². The minimum Gasteiger partial charge on any atom is -0.463 e. The Hall–Kier alpha value is -3.02. The van der Waals surface area contributed by atoms with E-state index in [1.165, 1.54) is 4.90 Å². The zero-order valence-electron chi connectivity index (χ0n) is 24.9. The lowest BCUT2D eigenvalue weighted by Gasteiger charge is -2.41. The van der Waals surface area contributed by atoms with Gasteiger partial charge in [-0.15, -0.1) is 0 Å². The Kier molecular flexibility index (Phi) is 8.99. The summed E-state index contributed by atoms with van der Waals surface area (Å²) in [6.07, 6.45) is 10.3. The van der Waals surface area contributed by atoms with Crippen LogP contribution >= 0.6 is 15.9 Å². The van der Waals surface area contributed by atoms with Crippen LogP contribution in [0.2, 0.25) is 0 Å². The second-order valence-corrected chi connectivity index (χ2v) is 13.5. The van der Waals surface area contributed by atoms with Gasteiger partial charge in [-0.3, -0.25) is 19.2 Å². The van der Waals surface area contributed by atoms with Crippen LogP contribution < -0.4 is 5.32 Å². The van der Waals surface area contributed by atoms with Gasteiger partial charge in [0, 0.05) is 23.5 Å². The number of aliphatic hydroxyl groups excluding tert-OH is 1. The molecule has 1 aromatic carbocycles. The van der Waals surface area contributed by atoms with Crippen molar-refractivity contribution < 1.29 is 33.8 Å². The highest BCUT2D eigenvalue weighted by molar-refractivity contribution is 9.11. The number of halogens is 1. The number of nitrogens with one attached hydrogen (secondary N) is 1. The molecule has 1 saturated carbocycles. The van der Waals surface area contributed by atoms with Gasteiger partial charge in [-0.2, -0.15) is 0 Å². The van der Waals surface area contributed by atoms with E-state index in [4.69, 9.17) is 9.47 Å². The van der Waals surface area contributed by atoms with Crippen LogP contribution in [-0.4, -0.2) is 88.2 Å². The Labute approximate surface area is 265 Å². The van der Waals surface area contributed by atoms with Crippen LogP contribution in [0, 0.1) is 11.8 Å². The molecule has 236 valence electrons. The zero-order valence-corrected chi connectivity index (χ0v) is 26.5. The zero-order chi connectivity index (χ0) is 31.0. The average Bonchev–Trinajstić information content (AvgIpc) is 3.63. The molecule has 1 aliphatic carbocycles. The largest absolute Gasteiger partial charge is 0.463 e. The topological polar surface area (TPSA) is 125 Å². The van der Waals surface area contributed by atoms with Gasteiger partial charge < -0.3 is 29.7 Å². The Balaban J connectivity index is 1.43. The van der Waals surface area contributed by atoms with E-state index >= 15 is 0 Å². The highest BCUT2D eigenvalue weighted by atomic mass is 79.9. The van der Waals surface area contributed by atoms with Crippen LogP contribution in [0.4, 0.5) is 0 Å². The molecule has 0 aromatic heterocycles. The molecule has 5 bridgehead atoms. The molecule has 1 aromatic rings. The van der Waals surface area contributed by atoms with E-state index in [1.54, 1.807) is 13.0 Å². The quantitative estimate of drug-likeness (QED) is 0.373. The molecule has 3 fully saturated rings. The van der Waals surface area contributed by atoms with Crippen molar-refractivity contribution in [3.63, 3.8) is 0 Å². The number of amides is 3. The fourth-order valence-electron chi connectivity index (χ4n) is 7.70. The summed E-state index contributed by atoms with van der Waals surface area (Å²) in [5.74, 6) is -3.34. The predicted octanol–water partition coefficient (Wildman–Crippen LogP) is 3.15. The van der Waals surface area contributed by atoms with Crippen LogP contribution in [0.5, 0.6) is 0 Å². The van der Waals surface area contributed by atoms with E-state index in [0.717, 1.165) is 37.7 Å². The van der Waals surface area contributed by atoms with Gasteiger partial charge in [0.2, 0.25) is 17.7 Å². The van der Waals surface area contributed by atoms with Gasteiger partial charge in [0.15, 0.2) is 0 Å². The molecule has 1 spiro atoms. The van der Waals surface area contributed by atoms with Gasteiger partial charge in [-0.1, -0.05) is 77.7 Å². The molecular formula is C33H40BrN3O7. The first kappa shape index (κ1) is 31.0. The van der Waals surface area contributed by atoms with Crippen LogP contribution in [-0.2, 0) is 28.7 Å². The third kappa shape index (κ3) is 5.41. The second kappa shape index (κ2) is 12.8. The summed E-state index contributed by atoms with van der Waals surface area (Å²) >= 11 is 3.60. The highest BCUT2D eigenvalue weighted by Crippen LogP contribution is 2.59. The third-order valence-corrected chi connectivity index (χ3v) is 10.5. The Morgan fingerprint density at radius 2 is 1.82 bits per heavy atom. The van der Waals surface area contributed by atoms with Crippen LogP contribution in [0.15, 0.2) is 53.0 Å². The Bertz CT molecular complexity index is 1350. The predicted molar refractivity (Wildman–Crippen MR) is 164 cm³/mol. The fraction of sp³-hybridized carbons (Fsp3) is 0.576. The maximum Gasteiger partial charge on any atom is 0.306 e. The lowest BCUT2D eigenvalue weighted by molar-refractivity contribution is -0.152. The highest BCUT2D eigenvalue weighted by Gasteiger charge is 2.75. The number of carbonyl (C=O) groups excluding carboxylic acids is 4. The monoisotopic (exact) mass is 669 g/mol. The van der Waals surface area contributed by atoms with Crippen molar-refractivity contribution in [3.8, 4) is 0 Å². The minimum absolute atomic E-state index is 0.0125. The molecule has 10 nitrogen and oxygen atoms in total. The number of hydrogen-bond donors (Lipinski definition) is 2. The van der Waals surface area contributed by atoms with Crippen molar-refractivity contribution in [2.75, 3.05) is 19.8 Å². The molecule has 2 saturated heterocycles. The van der Waals surface area contributed by atoms with Gasteiger partial charge in [-0.25, -0.2) is 0 Å². The summed E-state index contributed by atoms with van der Waals surface area (Å²) in [6.45, 7) is 1.63. The standard InChI is InChI=1S/C33H40BrN3O7/c1-20(18-38)37-29-32(42)36(22-13-7-3-8-14-22)16-10-4-9-15-25(39)43-19-24(21-11-5-2-6-12-21)35-30(40)26-27(31(37)41)33(29)17-23(34)28(26)44-33/h2,4-6,10-12,17,20,22,24,26-29,38H,3,7-9,13-16,18-19H2,1H3,(H,35,40)/b10-4-/t20-,24+,26+,27-,28+,29+,33-/m1/s1. The van der Waals surface area contributed by atoms with E-state index in [2.05, 4.69) is 21.2 Å². The molecule has 11 heteroatoms. The molecule has 4 aliphatic heterocycles. The van der Waals surface area contributed by atoms with Crippen molar-refractivity contribution in [2.45, 2.75) is 87.7 Å². The average molecular weight is 671 g/mol. The number of allylic oxidation sites excluding steroid dienone is 1. The van der Waals surface area contributed by atoms with Gasteiger partial charge in [0.25, 0.3) is 0 Å². The number of ether oxygens (including phenoxy) is 2. The SMILES string of the molecule is C[C@H](CO)N1C(=O)[C@H]2[C@@H]3C(=O)N[C@H](c4ccccc4)COC(=O)CC/C=C\CN(C4CCCCC4)C(=O)[C@H]1[C@@]21C=C(Br)[C@@H]3O1. The number of nitrogens with zero attached hydrogens (tertiary/aromatic N) is 2. The van der Waals surface area contributed by atoms with E-state index in [0.29, 0.717) is 17.4 Å². The number of rotatable bonds is 4. The summed E-state index contributed by atoms with van der Waals surface area (Å²) < 4.78 is 12.8. The van der Waals surface area contributed by atoms with E-state index in [1.807, 2.05) is 47.4 Å². The number of fused-ring (bicyclic) bond motifs is 2. The normalized spacial score (nSPS) is 34.8. The molecule has 44 heavy (non-hydrogen) atoms. The lowest BCUT2D eigenvalue weighted by Crippen LogP contribution is -2.59. The summed E-state index contributed by atoms with van der Waals surface area (Å²) in [7, 11) is 0.